The van der Waals surface area contributed by atoms with E-state index in [0.29, 0.717) is 23.9 Å². The van der Waals surface area contributed by atoms with E-state index in [2.05, 4.69) is 17.1 Å². The summed E-state index contributed by atoms with van der Waals surface area (Å²) in [5.41, 5.74) is 3.32. The summed E-state index contributed by atoms with van der Waals surface area (Å²) in [6, 6.07) is 7.45. The minimum absolute atomic E-state index is 0.394. The molecule has 0 radical (unpaired) electrons. The average molecular weight is 333 g/mol. The minimum Gasteiger partial charge on any atom is -0.282 e. The highest BCUT2D eigenvalue weighted by molar-refractivity contribution is 7.89. The molecule has 0 amide bonds. The highest BCUT2D eigenvalue weighted by atomic mass is 32.2. The zero-order chi connectivity index (χ0) is 16.6. The van der Waals surface area contributed by atoms with Crippen molar-refractivity contribution in [1.29, 1.82) is 0 Å². The SMILES string of the molecule is Cc1cc(-c2ccc(C)c(S(=O)(=O)N3CCC(C)CC3)c2)n[nH]1. The largest absolute Gasteiger partial charge is 0.282 e. The molecule has 0 aliphatic carbocycles. The molecular weight excluding hydrogens is 310 g/mol. The molecule has 5 nitrogen and oxygen atoms in total. The first-order valence-corrected chi connectivity index (χ1v) is 9.45. The first-order valence-electron chi connectivity index (χ1n) is 8.01. The number of aromatic nitrogens is 2. The van der Waals surface area contributed by atoms with E-state index in [4.69, 9.17) is 0 Å². The van der Waals surface area contributed by atoms with Crippen LogP contribution in [0.5, 0.6) is 0 Å². The molecule has 1 aromatic heterocycles. The molecule has 1 aromatic carbocycles. The maximum atomic E-state index is 13.0. The summed E-state index contributed by atoms with van der Waals surface area (Å²) in [7, 11) is -3.44. The zero-order valence-corrected chi connectivity index (χ0v) is 14.7. The topological polar surface area (TPSA) is 66.1 Å². The minimum atomic E-state index is -3.44. The normalized spacial score (nSPS) is 17.5. The number of piperidine rings is 1. The van der Waals surface area contributed by atoms with Crippen molar-refractivity contribution in [1.82, 2.24) is 14.5 Å². The maximum Gasteiger partial charge on any atom is 0.243 e. The van der Waals surface area contributed by atoms with E-state index >= 15 is 0 Å². The van der Waals surface area contributed by atoms with E-state index in [1.165, 1.54) is 0 Å². The molecule has 3 rings (SSSR count). The van der Waals surface area contributed by atoms with Crippen molar-refractivity contribution in [2.24, 2.45) is 5.92 Å². The third-order valence-corrected chi connectivity index (χ3v) is 6.59. The number of nitrogens with zero attached hydrogens (tertiary/aromatic N) is 2. The molecule has 0 saturated carbocycles. The summed E-state index contributed by atoms with van der Waals surface area (Å²) in [5, 5.41) is 7.13. The molecule has 124 valence electrons. The monoisotopic (exact) mass is 333 g/mol. The van der Waals surface area contributed by atoms with Crippen LogP contribution in [0.3, 0.4) is 0 Å². The fourth-order valence-corrected chi connectivity index (χ4v) is 4.69. The van der Waals surface area contributed by atoms with Gasteiger partial charge in [0.05, 0.1) is 10.6 Å². The highest BCUT2D eigenvalue weighted by Gasteiger charge is 2.29. The lowest BCUT2D eigenvalue weighted by Crippen LogP contribution is -2.38. The second-order valence-electron chi connectivity index (χ2n) is 6.50. The smallest absolute Gasteiger partial charge is 0.243 e. The van der Waals surface area contributed by atoms with Crippen LogP contribution in [0.4, 0.5) is 0 Å². The van der Waals surface area contributed by atoms with E-state index in [-0.39, 0.29) is 0 Å². The van der Waals surface area contributed by atoms with E-state index in [0.717, 1.165) is 35.4 Å². The molecule has 2 heterocycles. The van der Waals surface area contributed by atoms with Gasteiger partial charge in [0.1, 0.15) is 0 Å². The number of hydrogen-bond acceptors (Lipinski definition) is 3. The van der Waals surface area contributed by atoms with Crippen molar-refractivity contribution in [3.05, 3.63) is 35.5 Å². The van der Waals surface area contributed by atoms with E-state index in [1.807, 2.05) is 32.0 Å². The predicted molar refractivity (Wildman–Crippen MR) is 90.7 cm³/mol. The summed E-state index contributed by atoms with van der Waals surface area (Å²) in [4.78, 5) is 0.394. The number of benzene rings is 1. The third kappa shape index (κ3) is 3.19. The molecule has 1 aliphatic heterocycles. The molecule has 1 aliphatic rings. The fraction of sp³-hybridized carbons (Fsp3) is 0.471. The van der Waals surface area contributed by atoms with Gasteiger partial charge in [-0.25, -0.2) is 8.42 Å². The number of hydrogen-bond donors (Lipinski definition) is 1. The van der Waals surface area contributed by atoms with Crippen LogP contribution in [0.15, 0.2) is 29.2 Å². The van der Waals surface area contributed by atoms with Gasteiger partial charge in [-0.2, -0.15) is 9.40 Å². The Bertz CT molecular complexity index is 803. The summed E-state index contributed by atoms with van der Waals surface area (Å²) in [6.07, 6.45) is 1.85. The second kappa shape index (κ2) is 6.09. The molecule has 0 atom stereocenters. The molecule has 1 saturated heterocycles. The molecule has 23 heavy (non-hydrogen) atoms. The van der Waals surface area contributed by atoms with Crippen LogP contribution in [0.1, 0.15) is 31.0 Å². The molecule has 0 bridgehead atoms. The van der Waals surface area contributed by atoms with E-state index in [1.54, 1.807) is 10.4 Å². The van der Waals surface area contributed by atoms with Crippen LogP contribution in [0, 0.1) is 19.8 Å². The van der Waals surface area contributed by atoms with Crippen molar-refractivity contribution in [2.75, 3.05) is 13.1 Å². The number of aryl methyl sites for hydroxylation is 2. The molecule has 1 N–H and O–H groups in total. The lowest BCUT2D eigenvalue weighted by molar-refractivity contribution is 0.288. The van der Waals surface area contributed by atoms with Crippen molar-refractivity contribution >= 4 is 10.0 Å². The summed E-state index contributed by atoms with van der Waals surface area (Å²) >= 11 is 0. The van der Waals surface area contributed by atoms with E-state index < -0.39 is 10.0 Å². The molecule has 2 aromatic rings. The number of aromatic amines is 1. The van der Waals surface area contributed by atoms with Gasteiger partial charge in [-0.15, -0.1) is 0 Å². The Kier molecular flexibility index (Phi) is 4.29. The van der Waals surface area contributed by atoms with Gasteiger partial charge in [-0.3, -0.25) is 5.10 Å². The number of sulfonamides is 1. The van der Waals surface area contributed by atoms with Crippen LogP contribution in [0.25, 0.3) is 11.3 Å². The molecule has 0 spiro atoms. The lowest BCUT2D eigenvalue weighted by atomic mass is 10.0. The maximum absolute atomic E-state index is 13.0. The zero-order valence-electron chi connectivity index (χ0n) is 13.8. The lowest BCUT2D eigenvalue weighted by Gasteiger charge is -2.30. The average Bonchev–Trinajstić information content (AvgIpc) is 2.94. The Balaban J connectivity index is 1.98. The van der Waals surface area contributed by atoms with Gasteiger partial charge in [0, 0.05) is 24.3 Å². The van der Waals surface area contributed by atoms with Crippen molar-refractivity contribution in [2.45, 2.75) is 38.5 Å². The predicted octanol–water partition coefficient (Wildman–Crippen LogP) is 3.11. The fourth-order valence-electron chi connectivity index (χ4n) is 2.97. The Morgan fingerprint density at radius 2 is 1.87 bits per heavy atom. The Hall–Kier alpha value is -1.66. The molecule has 6 heteroatoms. The summed E-state index contributed by atoms with van der Waals surface area (Å²) in [6.45, 7) is 7.16. The van der Waals surface area contributed by atoms with Gasteiger partial charge in [0.15, 0.2) is 0 Å². The van der Waals surface area contributed by atoms with Crippen LogP contribution in [-0.4, -0.2) is 36.0 Å². The molecule has 0 unspecified atom stereocenters. The molecule has 1 fully saturated rings. The van der Waals surface area contributed by atoms with Gasteiger partial charge < -0.3 is 0 Å². The quantitative estimate of drug-likeness (QED) is 0.938. The number of nitrogens with one attached hydrogen (secondary N) is 1. The Labute approximate surface area is 137 Å². The van der Waals surface area contributed by atoms with Crippen LogP contribution >= 0.6 is 0 Å². The van der Waals surface area contributed by atoms with Crippen LogP contribution in [0.2, 0.25) is 0 Å². The number of H-pyrrole nitrogens is 1. The standard InChI is InChI=1S/C17H23N3O2S/c1-12-6-8-20(9-7-12)23(21,22)17-11-15(5-4-13(17)2)16-10-14(3)18-19-16/h4-5,10-12H,6-9H2,1-3H3,(H,18,19). The van der Waals surface area contributed by atoms with Crippen LogP contribution < -0.4 is 0 Å². The Morgan fingerprint density at radius 3 is 2.48 bits per heavy atom. The van der Waals surface area contributed by atoms with Crippen molar-refractivity contribution in [3.8, 4) is 11.3 Å². The Morgan fingerprint density at radius 1 is 1.17 bits per heavy atom. The van der Waals surface area contributed by atoms with Gasteiger partial charge >= 0.3 is 0 Å². The van der Waals surface area contributed by atoms with Gasteiger partial charge in [-0.05, 0) is 50.3 Å². The summed E-state index contributed by atoms with van der Waals surface area (Å²) in [5.74, 6) is 0.598. The highest BCUT2D eigenvalue weighted by Crippen LogP contribution is 2.29. The van der Waals surface area contributed by atoms with Crippen LogP contribution in [-0.2, 0) is 10.0 Å². The second-order valence-corrected chi connectivity index (χ2v) is 8.41. The molecular formula is C17H23N3O2S. The first kappa shape index (κ1) is 16.2. The summed E-state index contributed by atoms with van der Waals surface area (Å²) < 4.78 is 27.6. The van der Waals surface area contributed by atoms with Gasteiger partial charge in [-0.1, -0.05) is 19.1 Å². The van der Waals surface area contributed by atoms with Crippen molar-refractivity contribution in [3.63, 3.8) is 0 Å². The van der Waals surface area contributed by atoms with Crippen molar-refractivity contribution < 1.29 is 8.42 Å². The van der Waals surface area contributed by atoms with E-state index in [9.17, 15) is 8.42 Å². The third-order valence-electron chi connectivity index (χ3n) is 4.55. The van der Waals surface area contributed by atoms with Gasteiger partial charge in [0.25, 0.3) is 0 Å². The number of rotatable bonds is 3. The first-order chi connectivity index (χ1) is 10.9. The van der Waals surface area contributed by atoms with Gasteiger partial charge in [0.2, 0.25) is 10.0 Å².